The van der Waals surface area contributed by atoms with Gasteiger partial charge in [0.2, 0.25) is 0 Å². The molecule has 0 aliphatic heterocycles. The summed E-state index contributed by atoms with van der Waals surface area (Å²) in [4.78, 5) is 11.7. The van der Waals surface area contributed by atoms with E-state index in [-0.39, 0.29) is 6.42 Å². The number of Topliss-reactive ketones (excluding diaryl/α,β-unsaturated/α-hetero) is 1. The van der Waals surface area contributed by atoms with Gasteiger partial charge in [-0.3, -0.25) is 4.79 Å². The number of allylic oxidation sites excluding steroid dienone is 1. The maximum atomic E-state index is 11.7. The molecule has 0 aliphatic carbocycles. The molecule has 116 valence electrons. The van der Waals surface area contributed by atoms with Crippen LogP contribution in [-0.2, 0) is 4.79 Å². The molecule has 0 bridgehead atoms. The Labute approximate surface area is 122 Å². The molecule has 0 heterocycles. The van der Waals surface area contributed by atoms with E-state index in [1.807, 2.05) is 30.3 Å². The Kier molecular flexibility index (Phi) is 7.21. The SMILES string of the molecule is O=C(CC=Cc1ccccc1)C(O)C(O)C(O)C(O)CO. The van der Waals surface area contributed by atoms with Gasteiger partial charge in [-0.15, -0.1) is 0 Å². The molecule has 0 aliphatic rings. The third-order valence-electron chi connectivity index (χ3n) is 3.01. The highest BCUT2D eigenvalue weighted by Gasteiger charge is 2.33. The molecule has 0 radical (unpaired) electrons. The lowest BCUT2D eigenvalue weighted by Gasteiger charge is -2.24. The summed E-state index contributed by atoms with van der Waals surface area (Å²) in [7, 11) is 0. The Morgan fingerprint density at radius 3 is 2.24 bits per heavy atom. The fourth-order valence-electron chi connectivity index (χ4n) is 1.71. The van der Waals surface area contributed by atoms with Gasteiger partial charge < -0.3 is 25.5 Å². The Morgan fingerprint density at radius 1 is 1.05 bits per heavy atom. The summed E-state index contributed by atoms with van der Waals surface area (Å²) in [5, 5.41) is 46.4. The standard InChI is InChI=1S/C15H20O6/c16-9-12(18)14(20)15(21)13(19)11(17)8-4-7-10-5-2-1-3-6-10/h1-7,12-16,18-21H,8-9H2. The van der Waals surface area contributed by atoms with Crippen LogP contribution in [0, 0.1) is 0 Å². The predicted octanol–water partition coefficient (Wildman–Crippen LogP) is -0.905. The first-order chi connectivity index (χ1) is 9.97. The molecule has 0 aromatic heterocycles. The van der Waals surface area contributed by atoms with Gasteiger partial charge in [0, 0.05) is 6.42 Å². The molecule has 4 atom stereocenters. The van der Waals surface area contributed by atoms with Gasteiger partial charge in [-0.25, -0.2) is 0 Å². The van der Waals surface area contributed by atoms with Gasteiger partial charge in [-0.1, -0.05) is 42.5 Å². The van der Waals surface area contributed by atoms with E-state index in [9.17, 15) is 20.1 Å². The third-order valence-corrected chi connectivity index (χ3v) is 3.01. The summed E-state index contributed by atoms with van der Waals surface area (Å²) < 4.78 is 0. The molecule has 4 unspecified atom stereocenters. The van der Waals surface area contributed by atoms with Crippen LogP contribution >= 0.6 is 0 Å². The van der Waals surface area contributed by atoms with Crippen LogP contribution in [0.1, 0.15) is 12.0 Å². The fourth-order valence-corrected chi connectivity index (χ4v) is 1.71. The molecule has 0 amide bonds. The Hall–Kier alpha value is -1.57. The molecule has 0 spiro atoms. The number of hydrogen-bond donors (Lipinski definition) is 5. The van der Waals surface area contributed by atoms with Crippen LogP contribution in [0.2, 0.25) is 0 Å². The second-order valence-corrected chi connectivity index (χ2v) is 4.66. The molecule has 21 heavy (non-hydrogen) atoms. The number of carbonyl (C=O) groups is 1. The number of ketones is 1. The fraction of sp³-hybridized carbons (Fsp3) is 0.400. The van der Waals surface area contributed by atoms with Crippen molar-refractivity contribution in [3.63, 3.8) is 0 Å². The summed E-state index contributed by atoms with van der Waals surface area (Å²) in [5.74, 6) is -0.695. The van der Waals surface area contributed by atoms with Crippen molar-refractivity contribution in [2.45, 2.75) is 30.8 Å². The second-order valence-electron chi connectivity index (χ2n) is 4.66. The van der Waals surface area contributed by atoms with Crippen molar-refractivity contribution in [2.24, 2.45) is 0 Å². The molecular formula is C15H20O6. The molecule has 1 rings (SSSR count). The summed E-state index contributed by atoms with van der Waals surface area (Å²) in [5.41, 5.74) is 0.885. The van der Waals surface area contributed by atoms with E-state index in [2.05, 4.69) is 0 Å². The number of aliphatic hydroxyl groups excluding tert-OH is 5. The highest BCUT2D eigenvalue weighted by Crippen LogP contribution is 2.09. The van der Waals surface area contributed by atoms with Gasteiger partial charge >= 0.3 is 0 Å². The molecule has 1 aromatic carbocycles. The van der Waals surface area contributed by atoms with Gasteiger partial charge in [0.1, 0.15) is 24.4 Å². The van der Waals surface area contributed by atoms with Crippen LogP contribution in [0.5, 0.6) is 0 Å². The Morgan fingerprint density at radius 2 is 1.67 bits per heavy atom. The van der Waals surface area contributed by atoms with E-state index in [1.54, 1.807) is 6.08 Å². The lowest BCUT2D eigenvalue weighted by Crippen LogP contribution is -2.48. The zero-order valence-electron chi connectivity index (χ0n) is 11.4. The number of benzene rings is 1. The smallest absolute Gasteiger partial charge is 0.167 e. The molecule has 0 saturated carbocycles. The van der Waals surface area contributed by atoms with E-state index in [1.165, 1.54) is 6.08 Å². The quantitative estimate of drug-likeness (QED) is 0.424. The molecule has 5 N–H and O–H groups in total. The number of carbonyl (C=O) groups excluding carboxylic acids is 1. The third kappa shape index (κ3) is 5.37. The first-order valence-corrected chi connectivity index (χ1v) is 6.54. The van der Waals surface area contributed by atoms with Crippen molar-refractivity contribution in [2.75, 3.05) is 6.61 Å². The average Bonchev–Trinajstić information content (AvgIpc) is 2.52. The zero-order valence-corrected chi connectivity index (χ0v) is 11.4. The van der Waals surface area contributed by atoms with E-state index >= 15 is 0 Å². The van der Waals surface area contributed by atoms with E-state index in [0.29, 0.717) is 0 Å². The van der Waals surface area contributed by atoms with Crippen LogP contribution in [0.25, 0.3) is 6.08 Å². The maximum Gasteiger partial charge on any atom is 0.167 e. The van der Waals surface area contributed by atoms with E-state index in [4.69, 9.17) is 10.2 Å². The molecule has 0 fully saturated rings. The van der Waals surface area contributed by atoms with Crippen molar-refractivity contribution >= 4 is 11.9 Å². The average molecular weight is 296 g/mol. The first-order valence-electron chi connectivity index (χ1n) is 6.54. The van der Waals surface area contributed by atoms with Crippen molar-refractivity contribution in [1.29, 1.82) is 0 Å². The molecule has 6 nitrogen and oxygen atoms in total. The summed E-state index contributed by atoms with van der Waals surface area (Å²) in [6.45, 7) is -0.785. The van der Waals surface area contributed by atoms with Gasteiger partial charge in [0.05, 0.1) is 6.61 Å². The van der Waals surface area contributed by atoms with Crippen molar-refractivity contribution in [1.82, 2.24) is 0 Å². The van der Waals surface area contributed by atoms with Gasteiger partial charge in [0.25, 0.3) is 0 Å². The number of aliphatic hydroxyl groups is 5. The summed E-state index contributed by atoms with van der Waals surface area (Å²) >= 11 is 0. The topological polar surface area (TPSA) is 118 Å². The number of hydrogen-bond acceptors (Lipinski definition) is 6. The first kappa shape index (κ1) is 17.5. The number of rotatable bonds is 8. The van der Waals surface area contributed by atoms with Crippen molar-refractivity contribution < 1.29 is 30.3 Å². The minimum absolute atomic E-state index is 0.130. The minimum atomic E-state index is -1.86. The monoisotopic (exact) mass is 296 g/mol. The van der Waals surface area contributed by atoms with Crippen molar-refractivity contribution in [3.05, 3.63) is 42.0 Å². The predicted molar refractivity (Wildman–Crippen MR) is 76.2 cm³/mol. The second kappa shape index (κ2) is 8.66. The molecular weight excluding hydrogens is 276 g/mol. The largest absolute Gasteiger partial charge is 0.394 e. The van der Waals surface area contributed by atoms with Crippen LogP contribution in [0.3, 0.4) is 0 Å². The van der Waals surface area contributed by atoms with Crippen LogP contribution in [0.15, 0.2) is 36.4 Å². The summed E-state index contributed by atoms with van der Waals surface area (Å²) in [6.07, 6.45) is -4.02. The molecule has 0 saturated heterocycles. The molecule has 1 aromatic rings. The lowest BCUT2D eigenvalue weighted by atomic mass is 9.99. The van der Waals surface area contributed by atoms with E-state index < -0.39 is 36.8 Å². The summed E-state index contributed by atoms with van der Waals surface area (Å²) in [6, 6.07) is 9.22. The minimum Gasteiger partial charge on any atom is -0.394 e. The van der Waals surface area contributed by atoms with Gasteiger partial charge in [-0.05, 0) is 5.56 Å². The lowest BCUT2D eigenvalue weighted by molar-refractivity contribution is -0.146. The van der Waals surface area contributed by atoms with Crippen LogP contribution in [0.4, 0.5) is 0 Å². The van der Waals surface area contributed by atoms with Crippen LogP contribution < -0.4 is 0 Å². The van der Waals surface area contributed by atoms with E-state index in [0.717, 1.165) is 5.56 Å². The Balaban J connectivity index is 2.53. The van der Waals surface area contributed by atoms with Crippen molar-refractivity contribution in [3.8, 4) is 0 Å². The zero-order chi connectivity index (χ0) is 15.8. The maximum absolute atomic E-state index is 11.7. The van der Waals surface area contributed by atoms with Gasteiger partial charge in [-0.2, -0.15) is 0 Å². The normalized spacial score (nSPS) is 17.4. The molecule has 6 heteroatoms. The Bertz CT molecular complexity index is 458. The highest BCUT2D eigenvalue weighted by atomic mass is 16.4. The highest BCUT2D eigenvalue weighted by molar-refractivity contribution is 5.85. The van der Waals surface area contributed by atoms with Gasteiger partial charge in [0.15, 0.2) is 5.78 Å². The van der Waals surface area contributed by atoms with Crippen LogP contribution in [-0.4, -0.2) is 62.3 Å².